The highest BCUT2D eigenvalue weighted by molar-refractivity contribution is 9.10. The van der Waals surface area contributed by atoms with E-state index in [0.717, 1.165) is 16.5 Å². The third kappa shape index (κ3) is 2.56. The van der Waals surface area contributed by atoms with E-state index in [0.29, 0.717) is 11.7 Å². The van der Waals surface area contributed by atoms with Crippen LogP contribution < -0.4 is 5.73 Å². The van der Waals surface area contributed by atoms with E-state index >= 15 is 0 Å². The lowest BCUT2D eigenvalue weighted by molar-refractivity contribution is 0.375. The molecule has 2 aromatic rings. The second-order valence-corrected chi connectivity index (χ2v) is 4.74. The summed E-state index contributed by atoms with van der Waals surface area (Å²) in [5.74, 6) is 1.14. The molecule has 0 aliphatic heterocycles. The molecular formula is C12H14BrN3O. The summed E-state index contributed by atoms with van der Waals surface area (Å²) in [5, 5.41) is 3.89. The van der Waals surface area contributed by atoms with Crippen molar-refractivity contribution >= 4 is 15.9 Å². The average Bonchev–Trinajstić information content (AvgIpc) is 2.80. The minimum atomic E-state index is -0.351. The minimum Gasteiger partial charge on any atom is -0.339 e. The summed E-state index contributed by atoms with van der Waals surface area (Å²) in [7, 11) is 0. The van der Waals surface area contributed by atoms with Crippen molar-refractivity contribution in [1.82, 2.24) is 10.1 Å². The highest BCUT2D eigenvalue weighted by Gasteiger charge is 2.16. The van der Waals surface area contributed by atoms with Gasteiger partial charge in [0.15, 0.2) is 5.82 Å². The zero-order valence-corrected chi connectivity index (χ0v) is 11.4. The van der Waals surface area contributed by atoms with Crippen molar-refractivity contribution in [2.24, 2.45) is 5.73 Å². The third-order valence-corrected chi connectivity index (χ3v) is 3.47. The molecule has 0 saturated heterocycles. The van der Waals surface area contributed by atoms with E-state index in [1.54, 1.807) is 0 Å². The number of aromatic nitrogens is 2. The van der Waals surface area contributed by atoms with E-state index in [2.05, 4.69) is 26.1 Å². The van der Waals surface area contributed by atoms with Gasteiger partial charge in [0, 0.05) is 10.9 Å². The fourth-order valence-corrected chi connectivity index (χ4v) is 1.89. The Morgan fingerprint density at radius 2 is 2.24 bits per heavy atom. The lowest BCUT2D eigenvalue weighted by Gasteiger charge is -2.08. The summed E-state index contributed by atoms with van der Waals surface area (Å²) in [4.78, 5) is 4.24. The van der Waals surface area contributed by atoms with E-state index in [9.17, 15) is 0 Å². The molecule has 1 atom stereocenters. The van der Waals surface area contributed by atoms with Gasteiger partial charge in [-0.3, -0.25) is 0 Å². The summed E-state index contributed by atoms with van der Waals surface area (Å²) < 4.78 is 6.09. The first kappa shape index (κ1) is 12.3. The van der Waals surface area contributed by atoms with Gasteiger partial charge in [0.25, 0.3) is 0 Å². The van der Waals surface area contributed by atoms with Crippen LogP contribution in [0.1, 0.15) is 35.8 Å². The van der Waals surface area contributed by atoms with Crippen molar-refractivity contribution in [2.45, 2.75) is 26.3 Å². The van der Waals surface area contributed by atoms with Gasteiger partial charge < -0.3 is 10.3 Å². The monoisotopic (exact) mass is 295 g/mol. The summed E-state index contributed by atoms with van der Waals surface area (Å²) in [6, 6.07) is 5.63. The van der Waals surface area contributed by atoms with Crippen LogP contribution in [0.4, 0.5) is 0 Å². The first-order valence-corrected chi connectivity index (χ1v) is 6.25. The van der Waals surface area contributed by atoms with E-state index in [-0.39, 0.29) is 6.04 Å². The molecule has 1 heterocycles. The van der Waals surface area contributed by atoms with Gasteiger partial charge in [0.05, 0.1) is 6.04 Å². The highest BCUT2D eigenvalue weighted by atomic mass is 79.9. The molecule has 0 spiro atoms. The molecule has 0 aliphatic rings. The van der Waals surface area contributed by atoms with Crippen LogP contribution in [0.2, 0.25) is 0 Å². The van der Waals surface area contributed by atoms with Crippen molar-refractivity contribution in [2.75, 3.05) is 0 Å². The molecule has 0 amide bonds. The quantitative estimate of drug-likeness (QED) is 0.946. The molecule has 5 heteroatoms. The molecule has 0 radical (unpaired) electrons. The van der Waals surface area contributed by atoms with Crippen molar-refractivity contribution in [1.29, 1.82) is 0 Å². The van der Waals surface area contributed by atoms with Gasteiger partial charge in [-0.05, 0) is 24.1 Å². The maximum atomic E-state index is 6.10. The van der Waals surface area contributed by atoms with E-state index in [1.165, 1.54) is 5.56 Å². The fourth-order valence-electron chi connectivity index (χ4n) is 1.49. The van der Waals surface area contributed by atoms with Crippen LogP contribution in [0, 0.1) is 6.92 Å². The smallest absolute Gasteiger partial charge is 0.226 e. The number of nitrogens with two attached hydrogens (primary N) is 1. The van der Waals surface area contributed by atoms with Crippen LogP contribution in [0.5, 0.6) is 0 Å². The topological polar surface area (TPSA) is 64.9 Å². The van der Waals surface area contributed by atoms with Crippen LogP contribution >= 0.6 is 15.9 Å². The minimum absolute atomic E-state index is 0.351. The second-order valence-electron chi connectivity index (χ2n) is 3.89. The molecule has 2 rings (SSSR count). The lowest BCUT2D eigenvalue weighted by Crippen LogP contribution is -2.13. The van der Waals surface area contributed by atoms with Gasteiger partial charge in [0.2, 0.25) is 5.89 Å². The molecule has 2 N–H and O–H groups in total. The SMILES string of the molecule is CCc1nc(C(N)c2ccc(C)c(Br)c2)no1. The number of hydrogen-bond acceptors (Lipinski definition) is 4. The Kier molecular flexibility index (Phi) is 3.59. The Hall–Kier alpha value is -1.20. The molecule has 17 heavy (non-hydrogen) atoms. The van der Waals surface area contributed by atoms with Crippen LogP contribution in [-0.4, -0.2) is 10.1 Å². The molecule has 0 aliphatic carbocycles. The molecule has 0 bridgehead atoms. The van der Waals surface area contributed by atoms with Crippen molar-refractivity contribution in [3.63, 3.8) is 0 Å². The summed E-state index contributed by atoms with van der Waals surface area (Å²) in [6.07, 6.45) is 0.720. The van der Waals surface area contributed by atoms with Gasteiger partial charge in [-0.1, -0.05) is 40.1 Å². The molecule has 0 fully saturated rings. The zero-order chi connectivity index (χ0) is 12.4. The first-order chi connectivity index (χ1) is 8.11. The highest BCUT2D eigenvalue weighted by Crippen LogP contribution is 2.23. The second kappa shape index (κ2) is 4.98. The maximum Gasteiger partial charge on any atom is 0.226 e. The van der Waals surface area contributed by atoms with Gasteiger partial charge in [-0.15, -0.1) is 0 Å². The molecular weight excluding hydrogens is 282 g/mol. The largest absolute Gasteiger partial charge is 0.339 e. The first-order valence-electron chi connectivity index (χ1n) is 5.46. The van der Waals surface area contributed by atoms with Crippen LogP contribution in [0.25, 0.3) is 0 Å². The molecule has 4 nitrogen and oxygen atoms in total. The van der Waals surface area contributed by atoms with Gasteiger partial charge >= 0.3 is 0 Å². The predicted molar refractivity (Wildman–Crippen MR) is 68.6 cm³/mol. The van der Waals surface area contributed by atoms with Crippen LogP contribution in [0.15, 0.2) is 27.2 Å². The van der Waals surface area contributed by atoms with Crippen LogP contribution in [-0.2, 0) is 6.42 Å². The standard InChI is InChI=1S/C12H14BrN3O/c1-3-10-15-12(16-17-10)11(14)8-5-4-7(2)9(13)6-8/h4-6,11H,3,14H2,1-2H3. The number of rotatable bonds is 3. The van der Waals surface area contributed by atoms with Crippen molar-refractivity contribution < 1.29 is 4.52 Å². The Labute approximate surface area is 108 Å². The number of aryl methyl sites for hydroxylation is 2. The van der Waals surface area contributed by atoms with Gasteiger partial charge in [0.1, 0.15) is 0 Å². The Morgan fingerprint density at radius 1 is 1.47 bits per heavy atom. The van der Waals surface area contributed by atoms with E-state index in [4.69, 9.17) is 10.3 Å². The summed E-state index contributed by atoms with van der Waals surface area (Å²) in [5.41, 5.74) is 8.23. The molecule has 0 saturated carbocycles. The predicted octanol–water partition coefficient (Wildman–Crippen LogP) is 2.75. The third-order valence-electron chi connectivity index (χ3n) is 2.62. The number of benzene rings is 1. The Bertz CT molecular complexity index is 524. The van der Waals surface area contributed by atoms with E-state index < -0.39 is 0 Å². The summed E-state index contributed by atoms with van der Waals surface area (Å²) in [6.45, 7) is 3.99. The van der Waals surface area contributed by atoms with Crippen LogP contribution in [0.3, 0.4) is 0 Å². The number of halogens is 1. The average molecular weight is 296 g/mol. The Morgan fingerprint density at radius 3 is 2.82 bits per heavy atom. The normalized spacial score (nSPS) is 12.7. The molecule has 1 aromatic carbocycles. The fraction of sp³-hybridized carbons (Fsp3) is 0.333. The molecule has 90 valence electrons. The van der Waals surface area contributed by atoms with Gasteiger partial charge in [-0.2, -0.15) is 4.98 Å². The molecule has 1 aromatic heterocycles. The van der Waals surface area contributed by atoms with E-state index in [1.807, 2.05) is 32.0 Å². The maximum absolute atomic E-state index is 6.10. The van der Waals surface area contributed by atoms with Gasteiger partial charge in [-0.25, -0.2) is 0 Å². The van der Waals surface area contributed by atoms with Crippen molar-refractivity contribution in [3.05, 3.63) is 45.5 Å². The summed E-state index contributed by atoms with van der Waals surface area (Å²) >= 11 is 3.49. The number of hydrogen-bond donors (Lipinski definition) is 1. The lowest BCUT2D eigenvalue weighted by atomic mass is 10.1. The number of nitrogens with zero attached hydrogens (tertiary/aromatic N) is 2. The molecule has 1 unspecified atom stereocenters. The zero-order valence-electron chi connectivity index (χ0n) is 9.77. The van der Waals surface area contributed by atoms with Crippen molar-refractivity contribution in [3.8, 4) is 0 Å². The Balaban J connectivity index is 2.29.